The molecule has 0 spiro atoms. The van der Waals surface area contributed by atoms with Gasteiger partial charge in [-0.3, -0.25) is 0 Å². The number of hydrogen-bond acceptors (Lipinski definition) is 1. The molecule has 0 fully saturated rings. The Morgan fingerprint density at radius 1 is 1.42 bits per heavy atom. The van der Waals surface area contributed by atoms with E-state index in [1.54, 1.807) is 0 Å². The topological polar surface area (TPSA) is 12.0 Å². The number of rotatable bonds is 3. The highest BCUT2D eigenvalue weighted by atomic mass is 127. The van der Waals surface area contributed by atoms with Crippen molar-refractivity contribution >= 4 is 28.3 Å². The summed E-state index contributed by atoms with van der Waals surface area (Å²) in [4.78, 5) is 0. The minimum atomic E-state index is 0.899. The van der Waals surface area contributed by atoms with E-state index in [9.17, 15) is 0 Å². The van der Waals surface area contributed by atoms with Gasteiger partial charge in [0.1, 0.15) is 0 Å². The Hall–Kier alpha value is -0.510. The van der Waals surface area contributed by atoms with Crippen LogP contribution in [0.1, 0.15) is 6.92 Å². The smallest absolute Gasteiger partial charge is 0.0478 e. The van der Waals surface area contributed by atoms with Crippen molar-refractivity contribution in [3.8, 4) is 0 Å². The summed E-state index contributed by atoms with van der Waals surface area (Å²) in [6.45, 7) is 2.92. The summed E-state index contributed by atoms with van der Waals surface area (Å²) in [5.74, 6) is 0. The quantitative estimate of drug-likeness (QED) is 0.658. The van der Waals surface area contributed by atoms with Crippen molar-refractivity contribution in [1.82, 2.24) is 0 Å². The van der Waals surface area contributed by atoms with Crippen molar-refractivity contribution in [2.45, 2.75) is 6.92 Å². The van der Waals surface area contributed by atoms with Gasteiger partial charge in [-0.2, -0.15) is 0 Å². The number of allylic oxidation sites excluding steroid dienone is 1. The summed E-state index contributed by atoms with van der Waals surface area (Å²) in [5.41, 5.74) is 1.20. The molecule has 0 saturated carbocycles. The maximum atomic E-state index is 3.32. The van der Waals surface area contributed by atoms with Crippen LogP contribution in [-0.2, 0) is 0 Å². The molecule has 1 aromatic rings. The first kappa shape index (κ1) is 9.58. The van der Waals surface area contributed by atoms with Gasteiger partial charge in [0.25, 0.3) is 0 Å². The van der Waals surface area contributed by atoms with Crippen molar-refractivity contribution in [3.05, 3.63) is 40.0 Å². The molecule has 1 nitrogen and oxygen atoms in total. The van der Waals surface area contributed by atoms with E-state index in [-0.39, 0.29) is 0 Å². The Kier molecular flexibility index (Phi) is 4.14. The molecule has 12 heavy (non-hydrogen) atoms. The summed E-state index contributed by atoms with van der Waals surface area (Å²) >= 11 is 2.33. The lowest BCUT2D eigenvalue weighted by Crippen LogP contribution is -1.99. The predicted molar refractivity (Wildman–Crippen MR) is 62.5 cm³/mol. The molecule has 1 rings (SSSR count). The lowest BCUT2D eigenvalue weighted by molar-refractivity contribution is 1.32. The zero-order valence-corrected chi connectivity index (χ0v) is 9.21. The van der Waals surface area contributed by atoms with E-state index in [4.69, 9.17) is 0 Å². The molecule has 0 bridgehead atoms. The van der Waals surface area contributed by atoms with E-state index in [0.29, 0.717) is 0 Å². The zero-order valence-electron chi connectivity index (χ0n) is 7.05. The van der Waals surface area contributed by atoms with Crippen molar-refractivity contribution in [2.75, 3.05) is 11.9 Å². The summed E-state index contributed by atoms with van der Waals surface area (Å²) < 4.78 is 1.26. The van der Waals surface area contributed by atoms with Crippen LogP contribution in [0.5, 0.6) is 0 Å². The average Bonchev–Trinajstić information content (AvgIpc) is 2.09. The summed E-state index contributed by atoms with van der Waals surface area (Å²) in [6.07, 6.45) is 4.14. The van der Waals surface area contributed by atoms with Crippen molar-refractivity contribution in [2.24, 2.45) is 0 Å². The summed E-state index contributed by atoms with van der Waals surface area (Å²) in [5, 5.41) is 3.32. The molecule has 0 aliphatic carbocycles. The van der Waals surface area contributed by atoms with E-state index < -0.39 is 0 Å². The Morgan fingerprint density at radius 3 is 2.83 bits per heavy atom. The molecular weight excluding hydrogens is 261 g/mol. The molecule has 0 amide bonds. The normalized spacial score (nSPS) is 10.5. The second-order valence-corrected chi connectivity index (χ2v) is 3.59. The third-order valence-corrected chi connectivity index (χ3v) is 2.46. The highest BCUT2D eigenvalue weighted by molar-refractivity contribution is 14.1. The molecule has 0 radical (unpaired) electrons. The Bertz CT molecular complexity index is 268. The first-order chi connectivity index (χ1) is 5.84. The molecule has 1 N–H and O–H groups in total. The van der Waals surface area contributed by atoms with Crippen LogP contribution in [0.4, 0.5) is 5.69 Å². The van der Waals surface area contributed by atoms with E-state index in [1.165, 1.54) is 9.26 Å². The highest BCUT2D eigenvalue weighted by Gasteiger charge is 1.93. The standard InChI is InChI=1S/C10H12IN/c1-2-3-8-12-10-7-5-4-6-9(10)11/h2-7,12H,8H2,1H3/b3-2+. The molecule has 0 aromatic heterocycles. The van der Waals surface area contributed by atoms with Crippen molar-refractivity contribution < 1.29 is 0 Å². The van der Waals surface area contributed by atoms with E-state index in [1.807, 2.05) is 25.1 Å². The lowest BCUT2D eigenvalue weighted by atomic mass is 10.3. The van der Waals surface area contributed by atoms with E-state index in [2.05, 4.69) is 46.1 Å². The van der Waals surface area contributed by atoms with Crippen LogP contribution in [0.3, 0.4) is 0 Å². The van der Waals surface area contributed by atoms with Gasteiger partial charge in [-0.05, 0) is 41.6 Å². The average molecular weight is 273 g/mol. The fourth-order valence-electron chi connectivity index (χ4n) is 0.891. The highest BCUT2D eigenvalue weighted by Crippen LogP contribution is 2.16. The first-order valence-corrected chi connectivity index (χ1v) is 5.02. The molecule has 0 atom stereocenters. The van der Waals surface area contributed by atoms with Crippen LogP contribution >= 0.6 is 22.6 Å². The van der Waals surface area contributed by atoms with Crippen LogP contribution in [-0.4, -0.2) is 6.54 Å². The minimum Gasteiger partial charge on any atom is -0.381 e. The van der Waals surface area contributed by atoms with Crippen LogP contribution in [0.2, 0.25) is 0 Å². The monoisotopic (exact) mass is 273 g/mol. The molecule has 0 saturated heterocycles. The lowest BCUT2D eigenvalue weighted by Gasteiger charge is -2.04. The maximum absolute atomic E-state index is 3.32. The fourth-order valence-corrected chi connectivity index (χ4v) is 1.47. The van der Waals surface area contributed by atoms with Gasteiger partial charge >= 0.3 is 0 Å². The predicted octanol–water partition coefficient (Wildman–Crippen LogP) is 3.28. The third-order valence-electron chi connectivity index (χ3n) is 1.52. The van der Waals surface area contributed by atoms with Gasteiger partial charge in [0.2, 0.25) is 0 Å². The first-order valence-electron chi connectivity index (χ1n) is 3.94. The van der Waals surface area contributed by atoms with Gasteiger partial charge in [0, 0.05) is 15.8 Å². The Morgan fingerprint density at radius 2 is 2.17 bits per heavy atom. The number of nitrogens with one attached hydrogen (secondary N) is 1. The van der Waals surface area contributed by atoms with Gasteiger partial charge < -0.3 is 5.32 Å². The summed E-state index contributed by atoms with van der Waals surface area (Å²) in [7, 11) is 0. The van der Waals surface area contributed by atoms with Crippen LogP contribution < -0.4 is 5.32 Å². The van der Waals surface area contributed by atoms with Crippen molar-refractivity contribution in [1.29, 1.82) is 0 Å². The maximum Gasteiger partial charge on any atom is 0.0478 e. The molecule has 0 aliphatic heterocycles. The number of hydrogen-bond donors (Lipinski definition) is 1. The van der Waals surface area contributed by atoms with Gasteiger partial charge in [-0.15, -0.1) is 0 Å². The number of halogens is 1. The number of anilines is 1. The molecule has 0 heterocycles. The van der Waals surface area contributed by atoms with Gasteiger partial charge in [-0.1, -0.05) is 24.3 Å². The van der Waals surface area contributed by atoms with Gasteiger partial charge in [0.15, 0.2) is 0 Å². The molecular formula is C10H12IN. The van der Waals surface area contributed by atoms with E-state index in [0.717, 1.165) is 6.54 Å². The number of para-hydroxylation sites is 1. The minimum absolute atomic E-state index is 0.899. The van der Waals surface area contributed by atoms with Crippen LogP contribution in [0, 0.1) is 3.57 Å². The second-order valence-electron chi connectivity index (χ2n) is 2.43. The molecule has 2 heteroatoms. The molecule has 64 valence electrons. The van der Waals surface area contributed by atoms with Crippen LogP contribution in [0.25, 0.3) is 0 Å². The van der Waals surface area contributed by atoms with E-state index >= 15 is 0 Å². The molecule has 0 unspecified atom stereocenters. The van der Waals surface area contributed by atoms with Gasteiger partial charge in [-0.25, -0.2) is 0 Å². The third kappa shape index (κ3) is 2.85. The Balaban J connectivity index is 2.57. The Labute approximate surface area is 87.0 Å². The SMILES string of the molecule is C/C=C/CNc1ccccc1I. The fraction of sp³-hybridized carbons (Fsp3) is 0.200. The van der Waals surface area contributed by atoms with Crippen LogP contribution in [0.15, 0.2) is 36.4 Å². The molecule has 0 aliphatic rings. The molecule has 1 aromatic carbocycles. The summed E-state index contributed by atoms with van der Waals surface area (Å²) in [6, 6.07) is 8.27. The van der Waals surface area contributed by atoms with Crippen molar-refractivity contribution in [3.63, 3.8) is 0 Å². The largest absolute Gasteiger partial charge is 0.381 e. The zero-order chi connectivity index (χ0) is 8.81. The van der Waals surface area contributed by atoms with Gasteiger partial charge in [0.05, 0.1) is 0 Å². The number of benzene rings is 1. The second kappa shape index (κ2) is 5.19.